The lowest BCUT2D eigenvalue weighted by Crippen LogP contribution is -2.46. The number of nitrogens with one attached hydrogen (secondary N) is 1. The molecule has 3 aromatic rings. The highest BCUT2D eigenvalue weighted by atomic mass is 16.3. The van der Waals surface area contributed by atoms with Crippen molar-refractivity contribution < 1.29 is 14.0 Å². The normalized spacial score (nSPS) is 18.0. The van der Waals surface area contributed by atoms with Gasteiger partial charge in [0.05, 0.1) is 17.6 Å². The molecule has 2 amide bonds. The number of nitrogens with zero attached hydrogens (tertiary/aromatic N) is 3. The number of benzene rings is 2. The van der Waals surface area contributed by atoms with E-state index in [9.17, 15) is 9.59 Å². The van der Waals surface area contributed by atoms with Crippen LogP contribution in [0.1, 0.15) is 46.9 Å². The first-order valence-electron chi connectivity index (χ1n) is 11.7. The van der Waals surface area contributed by atoms with Crippen molar-refractivity contribution in [2.45, 2.75) is 25.2 Å². The van der Waals surface area contributed by atoms with E-state index in [1.54, 1.807) is 12.1 Å². The molecule has 1 atom stereocenters. The van der Waals surface area contributed by atoms with Gasteiger partial charge in [-0.2, -0.15) is 5.26 Å². The maximum absolute atomic E-state index is 12.4. The molecule has 2 aliphatic heterocycles. The van der Waals surface area contributed by atoms with Crippen LogP contribution in [0.15, 0.2) is 46.9 Å². The minimum absolute atomic E-state index is 0.0382. The number of unbranched alkanes of at least 4 members (excludes halogenated alkanes) is 1. The molecule has 8 heteroatoms. The summed E-state index contributed by atoms with van der Waals surface area (Å²) in [5, 5.41) is 13.0. The second kappa shape index (κ2) is 9.20. The summed E-state index contributed by atoms with van der Waals surface area (Å²) in [5.41, 5.74) is 9.49. The maximum Gasteiger partial charge on any atom is 0.284 e. The van der Waals surface area contributed by atoms with Gasteiger partial charge in [-0.05, 0) is 67.4 Å². The third-order valence-electron chi connectivity index (χ3n) is 6.83. The molecule has 34 heavy (non-hydrogen) atoms. The van der Waals surface area contributed by atoms with Crippen molar-refractivity contribution in [1.29, 1.82) is 5.26 Å². The number of primary amides is 1. The molecule has 0 bridgehead atoms. The number of carbonyl (C=O) groups is 2. The molecule has 3 heterocycles. The molecule has 1 saturated heterocycles. The first-order valence-corrected chi connectivity index (χ1v) is 11.7. The van der Waals surface area contributed by atoms with Crippen molar-refractivity contribution >= 4 is 34.2 Å². The summed E-state index contributed by atoms with van der Waals surface area (Å²) in [4.78, 5) is 28.5. The zero-order valence-electron chi connectivity index (χ0n) is 18.9. The summed E-state index contributed by atoms with van der Waals surface area (Å²) < 4.78 is 5.48. The molecule has 0 saturated carbocycles. The van der Waals surface area contributed by atoms with Crippen molar-refractivity contribution in [2.75, 3.05) is 42.9 Å². The van der Waals surface area contributed by atoms with Crippen LogP contribution in [0.5, 0.6) is 0 Å². The lowest BCUT2D eigenvalue weighted by Gasteiger charge is -2.36. The molecule has 1 fully saturated rings. The molecule has 1 aromatic heterocycles. The number of anilines is 2. The van der Waals surface area contributed by atoms with E-state index in [1.165, 1.54) is 0 Å². The van der Waals surface area contributed by atoms with Crippen LogP contribution in [-0.4, -0.2) is 49.4 Å². The van der Waals surface area contributed by atoms with Gasteiger partial charge in [0.1, 0.15) is 5.58 Å². The van der Waals surface area contributed by atoms with E-state index in [0.29, 0.717) is 11.1 Å². The molecule has 174 valence electrons. The van der Waals surface area contributed by atoms with Crippen molar-refractivity contribution in [3.63, 3.8) is 0 Å². The Morgan fingerprint density at radius 1 is 1.12 bits per heavy atom. The number of piperazine rings is 1. The van der Waals surface area contributed by atoms with E-state index in [2.05, 4.69) is 21.2 Å². The number of nitrogens with two attached hydrogens (primary N) is 1. The van der Waals surface area contributed by atoms with Gasteiger partial charge in [0.25, 0.3) is 5.91 Å². The molecule has 5 rings (SSSR count). The van der Waals surface area contributed by atoms with Gasteiger partial charge in [0.2, 0.25) is 5.91 Å². The molecule has 3 N–H and O–H groups in total. The van der Waals surface area contributed by atoms with Crippen molar-refractivity contribution in [3.05, 3.63) is 59.4 Å². The van der Waals surface area contributed by atoms with Crippen LogP contribution in [0.25, 0.3) is 11.0 Å². The highest BCUT2D eigenvalue weighted by Gasteiger charge is 2.30. The number of nitriles is 1. The summed E-state index contributed by atoms with van der Waals surface area (Å²) in [6.07, 6.45) is 2.80. The zero-order valence-corrected chi connectivity index (χ0v) is 18.9. The summed E-state index contributed by atoms with van der Waals surface area (Å²) in [6, 6.07) is 15.2. The van der Waals surface area contributed by atoms with Crippen LogP contribution in [0, 0.1) is 11.3 Å². The van der Waals surface area contributed by atoms with Crippen LogP contribution in [0.4, 0.5) is 11.4 Å². The first-order chi connectivity index (χ1) is 16.5. The topological polar surface area (TPSA) is 116 Å². The Hall–Kier alpha value is -3.83. The Bertz CT molecular complexity index is 1280. The second-order valence-corrected chi connectivity index (χ2v) is 8.98. The summed E-state index contributed by atoms with van der Waals surface area (Å²) in [7, 11) is 0. The van der Waals surface area contributed by atoms with E-state index in [4.69, 9.17) is 15.4 Å². The maximum atomic E-state index is 12.4. The minimum Gasteiger partial charge on any atom is -0.451 e. The lowest BCUT2D eigenvalue weighted by molar-refractivity contribution is -0.117. The Kier molecular flexibility index (Phi) is 5.95. The van der Waals surface area contributed by atoms with Gasteiger partial charge in [0, 0.05) is 42.9 Å². The van der Waals surface area contributed by atoms with Gasteiger partial charge in [-0.25, -0.2) is 0 Å². The zero-order chi connectivity index (χ0) is 23.7. The summed E-state index contributed by atoms with van der Waals surface area (Å²) in [5.74, 6) is -0.499. The summed E-state index contributed by atoms with van der Waals surface area (Å²) >= 11 is 0. The van der Waals surface area contributed by atoms with Crippen LogP contribution in [-0.2, 0) is 4.79 Å². The highest BCUT2D eigenvalue weighted by molar-refractivity contribution is 6.03. The SMILES string of the molecule is N#Cc1ccc2c(c1)C(CCCCN1CCN(c3ccc4oc(C(N)=O)cc4c3)CC1)C(=O)N2. The van der Waals surface area contributed by atoms with Gasteiger partial charge in [-0.15, -0.1) is 0 Å². The second-order valence-electron chi connectivity index (χ2n) is 8.98. The molecule has 0 aliphatic carbocycles. The van der Waals surface area contributed by atoms with Gasteiger partial charge >= 0.3 is 0 Å². The van der Waals surface area contributed by atoms with Gasteiger partial charge in [-0.1, -0.05) is 6.42 Å². The number of rotatable bonds is 7. The number of hydrogen-bond acceptors (Lipinski definition) is 6. The molecule has 1 unspecified atom stereocenters. The third-order valence-corrected chi connectivity index (χ3v) is 6.83. The number of amides is 2. The predicted molar refractivity (Wildman–Crippen MR) is 130 cm³/mol. The van der Waals surface area contributed by atoms with Crippen molar-refractivity contribution in [2.24, 2.45) is 5.73 Å². The number of hydrogen-bond donors (Lipinski definition) is 2. The van der Waals surface area contributed by atoms with Gasteiger partial charge in [-0.3, -0.25) is 14.5 Å². The first kappa shape index (κ1) is 22.0. The smallest absolute Gasteiger partial charge is 0.284 e. The Balaban J connectivity index is 1.10. The summed E-state index contributed by atoms with van der Waals surface area (Å²) in [6.45, 7) is 4.83. The molecular weight excluding hydrogens is 430 g/mol. The van der Waals surface area contributed by atoms with Crippen LogP contribution < -0.4 is 16.0 Å². The molecule has 0 radical (unpaired) electrons. The molecule has 2 aliphatic rings. The van der Waals surface area contributed by atoms with E-state index in [1.807, 2.05) is 30.3 Å². The van der Waals surface area contributed by atoms with Crippen LogP contribution >= 0.6 is 0 Å². The Labute approximate surface area is 197 Å². The molecule has 0 spiro atoms. The number of fused-ring (bicyclic) bond motifs is 2. The Morgan fingerprint density at radius 2 is 1.94 bits per heavy atom. The largest absolute Gasteiger partial charge is 0.451 e. The molecule has 8 nitrogen and oxygen atoms in total. The average Bonchev–Trinajstić information content (AvgIpc) is 3.42. The monoisotopic (exact) mass is 457 g/mol. The quantitative estimate of drug-likeness (QED) is 0.525. The lowest BCUT2D eigenvalue weighted by atomic mass is 9.93. The minimum atomic E-state index is -0.559. The van der Waals surface area contributed by atoms with E-state index < -0.39 is 5.91 Å². The van der Waals surface area contributed by atoms with Crippen LogP contribution in [0.3, 0.4) is 0 Å². The molecule has 2 aromatic carbocycles. The van der Waals surface area contributed by atoms with Gasteiger partial charge in [0.15, 0.2) is 5.76 Å². The fraction of sp³-hybridized carbons (Fsp3) is 0.346. The van der Waals surface area contributed by atoms with E-state index in [0.717, 1.165) is 74.3 Å². The Morgan fingerprint density at radius 3 is 2.71 bits per heavy atom. The fourth-order valence-electron chi connectivity index (χ4n) is 4.94. The number of carbonyl (C=O) groups excluding carboxylic acids is 2. The fourth-order valence-corrected chi connectivity index (χ4v) is 4.94. The van der Waals surface area contributed by atoms with Crippen molar-refractivity contribution in [3.8, 4) is 6.07 Å². The molecular formula is C26H27N5O3. The van der Waals surface area contributed by atoms with Crippen LogP contribution in [0.2, 0.25) is 0 Å². The number of furan rings is 1. The highest BCUT2D eigenvalue weighted by Crippen LogP contribution is 2.36. The third kappa shape index (κ3) is 4.35. The van der Waals surface area contributed by atoms with Gasteiger partial charge < -0.3 is 20.4 Å². The van der Waals surface area contributed by atoms with E-state index in [-0.39, 0.29) is 17.6 Å². The average molecular weight is 458 g/mol. The van der Waals surface area contributed by atoms with E-state index >= 15 is 0 Å². The standard InChI is InChI=1S/C26H27N5O3/c27-16-17-4-6-22-21(13-17)20(26(33)29-22)3-1-2-8-30-9-11-31(12-10-30)19-5-7-23-18(14-19)15-24(34-23)25(28)32/h4-7,13-15,20H,1-3,8-12H2,(H2,28,32)(H,29,33). The predicted octanol–water partition coefficient (Wildman–Crippen LogP) is 3.43. The van der Waals surface area contributed by atoms with Crippen molar-refractivity contribution in [1.82, 2.24) is 4.90 Å².